The van der Waals surface area contributed by atoms with Gasteiger partial charge < -0.3 is 19.7 Å². The van der Waals surface area contributed by atoms with Gasteiger partial charge in [0.2, 0.25) is 0 Å². The summed E-state index contributed by atoms with van der Waals surface area (Å²) < 4.78 is 36.5. The fraction of sp³-hybridized carbons (Fsp3) is 0.348. The number of halogens is 3. The molecule has 59 heavy (non-hydrogen) atoms. The lowest BCUT2D eigenvalue weighted by Gasteiger charge is -2.25. The van der Waals surface area contributed by atoms with Crippen molar-refractivity contribution >= 4 is 51.4 Å². The molecule has 0 amide bonds. The molecule has 310 valence electrons. The van der Waals surface area contributed by atoms with Gasteiger partial charge >= 0.3 is 11.9 Å². The van der Waals surface area contributed by atoms with E-state index >= 15 is 0 Å². The van der Waals surface area contributed by atoms with Crippen LogP contribution in [0.15, 0.2) is 84.9 Å². The maximum Gasteiger partial charge on any atom is 0.338 e. The summed E-state index contributed by atoms with van der Waals surface area (Å²) in [6.07, 6.45) is 6.75. The molecule has 0 saturated carbocycles. The molecule has 10 nitrogen and oxygen atoms in total. The van der Waals surface area contributed by atoms with Crippen molar-refractivity contribution in [1.82, 2.24) is 25.3 Å². The van der Waals surface area contributed by atoms with Crippen molar-refractivity contribution in [2.75, 3.05) is 31.7 Å². The molecular weight excluding hydrogens is 774 g/mol. The average molecular weight is 825 g/mol. The van der Waals surface area contributed by atoms with Crippen LogP contribution in [0.1, 0.15) is 87.4 Å². The Morgan fingerprint density at radius 1 is 0.763 bits per heavy atom. The first kappa shape index (κ1) is 44.5. The highest BCUT2D eigenvalue weighted by Crippen LogP contribution is 2.34. The summed E-state index contributed by atoms with van der Waals surface area (Å²) in [5, 5.41) is 3.50. The minimum absolute atomic E-state index is 0. The van der Waals surface area contributed by atoms with Crippen molar-refractivity contribution in [3.05, 3.63) is 113 Å². The fourth-order valence-electron chi connectivity index (χ4n) is 6.74. The maximum atomic E-state index is 13.5. The smallest absolute Gasteiger partial charge is 0.338 e. The largest absolute Gasteiger partial charge is 0.465 e. The molecule has 2 aliphatic rings. The Morgan fingerprint density at radius 2 is 1.34 bits per heavy atom. The number of esters is 2. The van der Waals surface area contributed by atoms with E-state index in [1.807, 2.05) is 0 Å². The molecule has 2 fully saturated rings. The van der Waals surface area contributed by atoms with Gasteiger partial charge in [0.1, 0.15) is 23.0 Å². The third-order valence-corrected chi connectivity index (χ3v) is 10.3. The number of unbranched alkanes of at least 4 members (excludes halogenated alkanes) is 1. The van der Waals surface area contributed by atoms with Gasteiger partial charge in [0, 0.05) is 29.8 Å². The van der Waals surface area contributed by atoms with Crippen molar-refractivity contribution in [3.63, 3.8) is 0 Å². The first-order valence-corrected chi connectivity index (χ1v) is 20.0. The summed E-state index contributed by atoms with van der Waals surface area (Å²) in [6, 6.07) is 23.4. The van der Waals surface area contributed by atoms with E-state index in [0.717, 1.165) is 55.3 Å². The number of nitrogens with zero attached hydrogens (tertiary/aromatic N) is 5. The second kappa shape index (κ2) is 20.9. The predicted octanol–water partition coefficient (Wildman–Crippen LogP) is 10.7. The van der Waals surface area contributed by atoms with Crippen LogP contribution in [-0.2, 0) is 9.47 Å². The van der Waals surface area contributed by atoms with Crippen molar-refractivity contribution < 1.29 is 27.8 Å². The van der Waals surface area contributed by atoms with Crippen molar-refractivity contribution in [2.45, 2.75) is 78.8 Å². The molecule has 0 aliphatic carbocycles. The summed E-state index contributed by atoms with van der Waals surface area (Å²) in [6.45, 7) is 9.01. The SMILES string of the molecule is C.CCCCOC(=O)c1ccc2nc(-c3ccc(F)cc3)c(N3CCC[C@@H]3C)nc2c1.COC(=O)c1ccc2nc(-c3ccc(F)cc3)c(Cl)nc2c1.C[C@H]1CCCN1. The Labute approximate surface area is 349 Å². The van der Waals surface area contributed by atoms with Crippen molar-refractivity contribution in [3.8, 4) is 22.5 Å². The number of aromatic nitrogens is 4. The number of hydrogen-bond acceptors (Lipinski definition) is 10. The molecule has 4 heterocycles. The number of anilines is 1. The summed E-state index contributed by atoms with van der Waals surface area (Å²) in [5.74, 6) is -0.643. The molecule has 2 saturated heterocycles. The Morgan fingerprint density at radius 3 is 1.85 bits per heavy atom. The van der Waals surface area contributed by atoms with Gasteiger partial charge in [-0.05, 0) is 137 Å². The zero-order chi connectivity index (χ0) is 41.2. The summed E-state index contributed by atoms with van der Waals surface area (Å²) in [7, 11) is 1.31. The Hall–Kier alpha value is -5.59. The number of rotatable bonds is 8. The highest BCUT2D eigenvalue weighted by molar-refractivity contribution is 6.32. The van der Waals surface area contributed by atoms with E-state index in [0.29, 0.717) is 57.1 Å². The third-order valence-electron chi connectivity index (χ3n) is 10.0. The minimum atomic E-state index is -0.456. The number of nitrogens with one attached hydrogen (secondary N) is 1. The molecule has 2 atom stereocenters. The third kappa shape index (κ3) is 11.3. The van der Waals surface area contributed by atoms with Crippen LogP contribution < -0.4 is 10.2 Å². The number of hydrogen-bond donors (Lipinski definition) is 1. The zero-order valence-corrected chi connectivity index (χ0v) is 33.9. The Kier molecular flexibility index (Phi) is 15.8. The quantitative estimate of drug-likeness (QED) is 0.117. The van der Waals surface area contributed by atoms with E-state index in [9.17, 15) is 18.4 Å². The lowest BCUT2D eigenvalue weighted by molar-refractivity contribution is 0.0499. The first-order chi connectivity index (χ1) is 28.0. The number of carbonyl (C=O) groups is 2. The number of carbonyl (C=O) groups excluding carboxylic acids is 2. The van der Waals surface area contributed by atoms with Gasteiger partial charge in [0.05, 0.1) is 46.9 Å². The number of ether oxygens (including phenoxy) is 2. The van der Waals surface area contributed by atoms with Gasteiger partial charge in [0.25, 0.3) is 0 Å². The summed E-state index contributed by atoms with van der Waals surface area (Å²) in [5.41, 5.74) is 5.93. The molecule has 1 N–H and O–H groups in total. The molecule has 0 bridgehead atoms. The molecular formula is C46H51ClF2N6O4. The topological polar surface area (TPSA) is 119 Å². The van der Waals surface area contributed by atoms with E-state index in [1.54, 1.807) is 60.7 Å². The number of benzene rings is 4. The normalized spacial score (nSPS) is 15.7. The molecule has 2 aliphatic heterocycles. The van der Waals surface area contributed by atoms with E-state index in [1.165, 1.54) is 50.8 Å². The van der Waals surface area contributed by atoms with Crippen LogP contribution >= 0.6 is 11.6 Å². The number of fused-ring (bicyclic) bond motifs is 2. The standard InChI is InChI=1S/C24H26FN3O2.C16H10ClFN2O2.C5H11N.CH4/c1-3-4-14-30-24(29)18-9-12-20-21(15-18)27-23(28-13-5-6-16(28)2)22(26-20)17-7-10-19(25)11-8-17;1-22-16(21)10-4-7-12-13(8-10)20-15(17)14(19-12)9-2-5-11(18)6-3-9;1-5-3-2-4-6-5;/h7-12,15-16H,3-6,13-14H2,1-2H3;2-8H,1H3;5-6H,2-4H2,1H3;1H4/t16-;;5-;/m0.0./s1. The predicted molar refractivity (Wildman–Crippen MR) is 231 cm³/mol. The van der Waals surface area contributed by atoms with Gasteiger partial charge in [0.15, 0.2) is 11.0 Å². The average Bonchev–Trinajstić information content (AvgIpc) is 3.91. The van der Waals surface area contributed by atoms with E-state index in [2.05, 4.69) is 45.7 Å². The summed E-state index contributed by atoms with van der Waals surface area (Å²) in [4.78, 5) is 44.6. The highest BCUT2D eigenvalue weighted by atomic mass is 35.5. The lowest BCUT2D eigenvalue weighted by atomic mass is 10.1. The van der Waals surface area contributed by atoms with Gasteiger partial charge in [-0.15, -0.1) is 0 Å². The van der Waals surface area contributed by atoms with E-state index in [4.69, 9.17) is 26.3 Å². The second-order valence-corrected chi connectivity index (χ2v) is 14.7. The van der Waals surface area contributed by atoms with Gasteiger partial charge in [-0.3, -0.25) is 0 Å². The zero-order valence-electron chi connectivity index (χ0n) is 33.1. The van der Waals surface area contributed by atoms with E-state index in [-0.39, 0.29) is 30.2 Å². The molecule has 6 aromatic rings. The molecule has 0 unspecified atom stereocenters. The molecule has 0 radical (unpaired) electrons. The molecule has 0 spiro atoms. The van der Waals surface area contributed by atoms with Crippen LogP contribution in [0.25, 0.3) is 44.6 Å². The van der Waals surface area contributed by atoms with Gasteiger partial charge in [-0.25, -0.2) is 38.3 Å². The van der Waals surface area contributed by atoms with Crippen LogP contribution in [-0.4, -0.2) is 70.8 Å². The van der Waals surface area contributed by atoms with Gasteiger partial charge in [-0.2, -0.15) is 0 Å². The fourth-order valence-corrected chi connectivity index (χ4v) is 6.98. The van der Waals surface area contributed by atoms with Crippen molar-refractivity contribution in [2.24, 2.45) is 0 Å². The molecule has 8 rings (SSSR count). The first-order valence-electron chi connectivity index (χ1n) is 19.6. The molecule has 4 aromatic carbocycles. The monoisotopic (exact) mass is 824 g/mol. The minimum Gasteiger partial charge on any atom is -0.465 e. The second-order valence-electron chi connectivity index (χ2n) is 14.3. The number of methoxy groups -OCH3 is 1. The van der Waals surface area contributed by atoms with Crippen LogP contribution in [0, 0.1) is 11.6 Å². The highest BCUT2D eigenvalue weighted by Gasteiger charge is 2.26. The Bertz CT molecular complexity index is 2360. The van der Waals surface area contributed by atoms with Crippen LogP contribution in [0.4, 0.5) is 14.6 Å². The van der Waals surface area contributed by atoms with Crippen LogP contribution in [0.3, 0.4) is 0 Å². The van der Waals surface area contributed by atoms with Crippen LogP contribution in [0.2, 0.25) is 5.15 Å². The van der Waals surface area contributed by atoms with Crippen LogP contribution in [0.5, 0.6) is 0 Å². The van der Waals surface area contributed by atoms with E-state index < -0.39 is 5.97 Å². The Balaban J connectivity index is 0.000000199. The maximum absolute atomic E-state index is 13.5. The summed E-state index contributed by atoms with van der Waals surface area (Å²) >= 11 is 6.16. The van der Waals surface area contributed by atoms with Gasteiger partial charge in [-0.1, -0.05) is 32.4 Å². The van der Waals surface area contributed by atoms with Crippen molar-refractivity contribution in [1.29, 1.82) is 0 Å². The lowest BCUT2D eigenvalue weighted by Crippen LogP contribution is -2.28. The molecule has 13 heteroatoms. The molecule has 2 aromatic heterocycles.